The van der Waals surface area contributed by atoms with Crippen molar-refractivity contribution in [1.82, 2.24) is 5.32 Å². The molecule has 0 saturated carbocycles. The summed E-state index contributed by atoms with van der Waals surface area (Å²) in [5.41, 5.74) is 34.4. The number of carbonyl (C=O) groups excluding carboxylic acids is 2. The van der Waals surface area contributed by atoms with E-state index in [0.29, 0.717) is 19.4 Å². The molecule has 0 spiro atoms. The minimum absolute atomic E-state index is 0.0213. The van der Waals surface area contributed by atoms with Crippen molar-refractivity contribution in [3.8, 4) is 0 Å². The van der Waals surface area contributed by atoms with E-state index in [1.165, 1.54) is 0 Å². The first kappa shape index (κ1) is 41.0. The minimum atomic E-state index is -1.21. The quantitative estimate of drug-likeness (QED) is 0.0536. The zero-order valence-corrected chi connectivity index (χ0v) is 20.5. The lowest BCUT2D eigenvalue weighted by atomic mass is 10.2. The number of carbonyl (C=O) groups is 6. The molecule has 0 bridgehead atoms. The van der Waals surface area contributed by atoms with Gasteiger partial charge >= 0.3 is 23.9 Å². The number of nitrogens with one attached hydrogen (secondary N) is 2. The summed E-state index contributed by atoms with van der Waals surface area (Å²) >= 11 is 0. The number of primary amides is 2. The van der Waals surface area contributed by atoms with Gasteiger partial charge in [0.1, 0.15) is 24.2 Å². The highest BCUT2D eigenvalue weighted by Gasteiger charge is 2.13. The second-order valence-corrected chi connectivity index (χ2v) is 7.12. The topological polar surface area (TPSA) is 422 Å². The van der Waals surface area contributed by atoms with Gasteiger partial charge in [-0.1, -0.05) is 0 Å². The number of hydrogen-bond acceptors (Lipinski definition) is 12. The number of carboxylic acid groups (broad SMARTS) is 4. The monoisotopic (exact) mass is 557 g/mol. The predicted molar refractivity (Wildman–Crippen MR) is 131 cm³/mol. The maximum absolute atomic E-state index is 10.2. The van der Waals surface area contributed by atoms with Gasteiger partial charge < -0.3 is 71.0 Å². The Kier molecular flexibility index (Phi) is 26.5. The summed E-state index contributed by atoms with van der Waals surface area (Å²) in [5.74, 6) is -5.85. The van der Waals surface area contributed by atoms with Gasteiger partial charge in [-0.25, -0.2) is 0 Å². The molecule has 0 saturated heterocycles. The highest BCUT2D eigenvalue weighted by atomic mass is 16.4. The van der Waals surface area contributed by atoms with E-state index in [-0.39, 0.29) is 25.2 Å². The fourth-order valence-corrected chi connectivity index (χ4v) is 1.47. The van der Waals surface area contributed by atoms with Crippen molar-refractivity contribution in [2.45, 2.75) is 56.3 Å². The molecule has 0 aromatic carbocycles. The van der Waals surface area contributed by atoms with Crippen LogP contribution in [0.2, 0.25) is 0 Å². The Balaban J connectivity index is -0.000000206. The standard InChI is InChI=1S/C6H14N4O2.C5H10N2O3.C4H8N2O3.C3H7NO3/c7-4(5(11)12)2-1-3-10-6(8)9;6-3(5(9)10)1-2-4(7)8;5-2(4(8)9)1-3(6)7;4-2(1-5)3(6)7/h4H,1-3,7H2,(H,11,12)(H4,8,9,10);3H,1-2,6H2,(H2,7,8)(H,9,10);2H,1,5H2,(H2,6,7)(H,8,9);2,5H,1,4H2,(H,6,7). The molecule has 38 heavy (non-hydrogen) atoms. The zero-order valence-electron chi connectivity index (χ0n) is 20.5. The van der Waals surface area contributed by atoms with Crippen LogP contribution in [0.4, 0.5) is 0 Å². The average Bonchev–Trinajstić information content (AvgIpc) is 2.79. The van der Waals surface area contributed by atoms with E-state index in [1.807, 2.05) is 0 Å². The van der Waals surface area contributed by atoms with Crippen molar-refractivity contribution in [3.05, 3.63) is 0 Å². The van der Waals surface area contributed by atoms with Gasteiger partial charge in [0.05, 0.1) is 13.0 Å². The highest BCUT2D eigenvalue weighted by Crippen LogP contribution is 1.93. The molecule has 4 atom stereocenters. The van der Waals surface area contributed by atoms with Gasteiger partial charge in [0, 0.05) is 13.0 Å². The van der Waals surface area contributed by atoms with Gasteiger partial charge in [-0.2, -0.15) is 0 Å². The normalized spacial score (nSPS) is 12.6. The third-order valence-electron chi connectivity index (χ3n) is 3.60. The number of nitrogens with two attached hydrogens (primary N) is 7. The molecule has 0 fully saturated rings. The van der Waals surface area contributed by atoms with Crippen LogP contribution < -0.4 is 45.5 Å². The first-order valence-corrected chi connectivity index (χ1v) is 10.5. The number of amides is 2. The van der Waals surface area contributed by atoms with Crippen molar-refractivity contribution < 1.29 is 54.3 Å². The maximum Gasteiger partial charge on any atom is 0.322 e. The molecule has 20 heteroatoms. The number of aliphatic hydroxyl groups is 1. The summed E-state index contributed by atoms with van der Waals surface area (Å²) in [6.45, 7) is -0.0222. The number of guanidine groups is 1. The molecule has 0 heterocycles. The van der Waals surface area contributed by atoms with Gasteiger partial charge in [-0.3, -0.25) is 34.2 Å². The molecule has 0 aliphatic rings. The van der Waals surface area contributed by atoms with Crippen LogP contribution in [-0.2, 0) is 28.8 Å². The Morgan fingerprint density at radius 3 is 1.29 bits per heavy atom. The van der Waals surface area contributed by atoms with Gasteiger partial charge in [-0.05, 0) is 19.3 Å². The zero-order chi connectivity index (χ0) is 31.0. The largest absolute Gasteiger partial charge is 0.480 e. The molecule has 20 nitrogen and oxygen atoms in total. The van der Waals surface area contributed by atoms with Crippen molar-refractivity contribution in [3.63, 3.8) is 0 Å². The molecular weight excluding hydrogens is 518 g/mol. The number of hydrogen-bond donors (Lipinski definition) is 14. The Labute approximate surface area is 217 Å². The molecule has 0 aromatic heterocycles. The molecule has 2 amide bonds. The lowest BCUT2D eigenvalue weighted by molar-refractivity contribution is -0.140. The number of aliphatic hydroxyl groups excluding tert-OH is 1. The van der Waals surface area contributed by atoms with Crippen LogP contribution >= 0.6 is 0 Å². The maximum atomic E-state index is 10.2. The van der Waals surface area contributed by atoms with Crippen LogP contribution in [0.5, 0.6) is 0 Å². The number of carboxylic acids is 4. The average molecular weight is 558 g/mol. The van der Waals surface area contributed by atoms with E-state index in [9.17, 15) is 28.8 Å². The van der Waals surface area contributed by atoms with Crippen molar-refractivity contribution in [2.24, 2.45) is 40.1 Å². The molecule has 0 aromatic rings. The fourth-order valence-electron chi connectivity index (χ4n) is 1.47. The van der Waals surface area contributed by atoms with E-state index in [2.05, 4.69) is 11.1 Å². The first-order valence-electron chi connectivity index (χ1n) is 10.5. The summed E-state index contributed by atoms with van der Waals surface area (Å²) in [4.78, 5) is 59.9. The Hall–Kier alpha value is -4.11. The van der Waals surface area contributed by atoms with E-state index in [0.717, 1.165) is 0 Å². The highest BCUT2D eigenvalue weighted by molar-refractivity contribution is 5.83. The van der Waals surface area contributed by atoms with Crippen LogP contribution in [0, 0.1) is 5.41 Å². The van der Waals surface area contributed by atoms with E-state index >= 15 is 0 Å². The third kappa shape index (κ3) is 34.1. The minimum Gasteiger partial charge on any atom is -0.480 e. The smallest absolute Gasteiger partial charge is 0.322 e. The number of aliphatic carboxylic acids is 4. The van der Waals surface area contributed by atoms with Crippen LogP contribution in [0.25, 0.3) is 0 Å². The fraction of sp³-hybridized carbons (Fsp3) is 0.611. The van der Waals surface area contributed by atoms with Gasteiger partial charge in [0.15, 0.2) is 5.96 Å². The molecule has 0 radical (unpaired) electrons. The predicted octanol–water partition coefficient (Wildman–Crippen LogP) is -6.01. The summed E-state index contributed by atoms with van der Waals surface area (Å²) in [6, 6.07) is -4.09. The summed E-state index contributed by atoms with van der Waals surface area (Å²) in [6.07, 6.45) is 0.788. The molecular formula is C18H39N9O11. The second-order valence-electron chi connectivity index (χ2n) is 7.12. The summed E-state index contributed by atoms with van der Waals surface area (Å²) in [7, 11) is 0. The summed E-state index contributed by atoms with van der Waals surface area (Å²) < 4.78 is 0. The van der Waals surface area contributed by atoms with Gasteiger partial charge in [0.2, 0.25) is 11.8 Å². The number of rotatable bonds is 14. The van der Waals surface area contributed by atoms with Crippen LogP contribution in [-0.4, -0.2) is 105 Å². The van der Waals surface area contributed by atoms with E-state index in [1.54, 1.807) is 0 Å². The third-order valence-corrected chi connectivity index (χ3v) is 3.60. The van der Waals surface area contributed by atoms with Crippen LogP contribution in [0.3, 0.4) is 0 Å². The molecule has 0 aliphatic carbocycles. The van der Waals surface area contributed by atoms with Crippen molar-refractivity contribution in [2.75, 3.05) is 13.2 Å². The van der Waals surface area contributed by atoms with Gasteiger partial charge in [0.25, 0.3) is 0 Å². The van der Waals surface area contributed by atoms with Crippen molar-refractivity contribution in [1.29, 1.82) is 5.41 Å². The molecule has 0 aliphatic heterocycles. The van der Waals surface area contributed by atoms with Crippen LogP contribution in [0.1, 0.15) is 32.1 Å². The molecule has 21 N–H and O–H groups in total. The van der Waals surface area contributed by atoms with E-state index < -0.39 is 66.5 Å². The molecule has 0 rings (SSSR count). The van der Waals surface area contributed by atoms with E-state index in [4.69, 9.17) is 65.3 Å². The Bertz CT molecular complexity index is 768. The Morgan fingerprint density at radius 1 is 0.658 bits per heavy atom. The van der Waals surface area contributed by atoms with Gasteiger partial charge in [-0.15, -0.1) is 0 Å². The Morgan fingerprint density at radius 2 is 1.05 bits per heavy atom. The second kappa shape index (κ2) is 24.6. The van der Waals surface area contributed by atoms with Crippen LogP contribution in [0.15, 0.2) is 0 Å². The molecule has 222 valence electrons. The lowest BCUT2D eigenvalue weighted by Crippen LogP contribution is -2.34. The molecule has 4 unspecified atom stereocenters. The lowest BCUT2D eigenvalue weighted by Gasteiger charge is -2.06. The first-order chi connectivity index (χ1) is 17.3. The summed E-state index contributed by atoms with van der Waals surface area (Å²) in [5, 5.41) is 49.9. The SMILES string of the molecule is N=C(N)NCCCC(N)C(=O)O.NC(=O)CC(N)C(=O)O.NC(=O)CCC(N)C(=O)O.NC(CO)C(=O)O. The van der Waals surface area contributed by atoms with Crippen molar-refractivity contribution >= 4 is 41.7 Å².